The average molecular weight is 605 g/mol. The predicted octanol–water partition coefficient (Wildman–Crippen LogP) is 6.16. The zero-order valence-electron chi connectivity index (χ0n) is 23.8. The standard InChI is InChI=1S/C32H36ClF3N2O4/c1-18-25-23(42-32(18,19-7-5-4-6-8-19)17-38-20-13-15-30(2,40)16-14-20)11-10-22(33)26(25)27-21(28(37)39)9-12-24(31(27,3)36)41-29(34)35/h4-12,18,20,24,29,38,40H,13-17H2,1-3H3,(H2,37,39)/t18-,20?,24?,30?,31?,32-/m0/s1. The molecular formula is C32H36ClF3N2O4. The number of halogens is 4. The number of hydrogen-bond acceptors (Lipinski definition) is 5. The molecule has 10 heteroatoms. The fourth-order valence-corrected chi connectivity index (χ4v) is 6.91. The fraction of sp³-hybridized carbons (Fsp3) is 0.469. The number of primary amides is 1. The maximum atomic E-state index is 16.7. The third-order valence-electron chi connectivity index (χ3n) is 9.05. The van der Waals surface area contributed by atoms with Gasteiger partial charge in [0.1, 0.15) is 11.9 Å². The maximum Gasteiger partial charge on any atom is 0.345 e. The molecule has 1 heterocycles. The second-order valence-electron chi connectivity index (χ2n) is 12.0. The monoisotopic (exact) mass is 604 g/mol. The van der Waals surface area contributed by atoms with E-state index in [2.05, 4.69) is 10.1 Å². The van der Waals surface area contributed by atoms with Crippen molar-refractivity contribution in [2.45, 2.75) is 88.0 Å². The number of fused-ring (bicyclic) bond motifs is 1. The largest absolute Gasteiger partial charge is 0.480 e. The topological polar surface area (TPSA) is 93.8 Å². The molecule has 2 aromatic carbocycles. The van der Waals surface area contributed by atoms with Crippen LogP contribution >= 0.6 is 11.6 Å². The minimum atomic E-state index is -3.24. The Bertz CT molecular complexity index is 1400. The van der Waals surface area contributed by atoms with Crippen LogP contribution in [0.5, 0.6) is 5.75 Å². The molecule has 2 aromatic rings. The highest BCUT2D eigenvalue weighted by Gasteiger charge is 2.52. The number of alkyl halides is 3. The SMILES string of the molecule is C[C@H]1c2c(ccc(Cl)c2C2=C(C(N)=O)C=CC(OC(F)F)C2(C)F)O[C@]1(CNC1CCC(C)(O)CC1)c1ccccc1. The number of nitrogens with one attached hydrogen (secondary N) is 1. The summed E-state index contributed by atoms with van der Waals surface area (Å²) in [6.07, 6.45) is 3.54. The van der Waals surface area contributed by atoms with Gasteiger partial charge in [-0.3, -0.25) is 4.79 Å². The summed E-state index contributed by atoms with van der Waals surface area (Å²) in [5, 5.41) is 14.2. The minimum absolute atomic E-state index is 0.124. The number of amides is 1. The molecule has 42 heavy (non-hydrogen) atoms. The highest BCUT2D eigenvalue weighted by Crippen LogP contribution is 2.56. The Labute approximate surface area is 248 Å². The van der Waals surface area contributed by atoms with Crippen molar-refractivity contribution >= 4 is 23.1 Å². The first kappa shape index (κ1) is 30.6. The molecule has 5 rings (SSSR count). The number of ether oxygens (including phenoxy) is 2. The van der Waals surface area contributed by atoms with Crippen molar-refractivity contribution in [3.63, 3.8) is 0 Å². The van der Waals surface area contributed by atoms with Gasteiger partial charge in [0.2, 0.25) is 5.91 Å². The normalized spacial score (nSPS) is 32.6. The lowest BCUT2D eigenvalue weighted by atomic mass is 9.73. The highest BCUT2D eigenvalue weighted by molar-refractivity contribution is 6.33. The quantitative estimate of drug-likeness (QED) is 0.336. The molecule has 1 amide bonds. The summed E-state index contributed by atoms with van der Waals surface area (Å²) in [6, 6.07) is 13.0. The first-order valence-corrected chi connectivity index (χ1v) is 14.5. The van der Waals surface area contributed by atoms with Crippen molar-refractivity contribution in [1.82, 2.24) is 5.32 Å². The Morgan fingerprint density at radius 1 is 1.19 bits per heavy atom. The molecule has 0 radical (unpaired) electrons. The summed E-state index contributed by atoms with van der Waals surface area (Å²) in [7, 11) is 0. The molecule has 0 bridgehead atoms. The molecule has 1 aliphatic heterocycles. The lowest BCUT2D eigenvalue weighted by Gasteiger charge is -2.39. The van der Waals surface area contributed by atoms with Crippen molar-refractivity contribution < 1.29 is 32.5 Å². The van der Waals surface area contributed by atoms with Gasteiger partial charge >= 0.3 is 6.61 Å². The van der Waals surface area contributed by atoms with Crippen molar-refractivity contribution in [3.8, 4) is 5.75 Å². The third-order valence-corrected chi connectivity index (χ3v) is 9.37. The molecule has 2 unspecified atom stereocenters. The third kappa shape index (κ3) is 5.48. The van der Waals surface area contributed by atoms with E-state index in [9.17, 15) is 18.7 Å². The molecule has 4 N–H and O–H groups in total. The zero-order chi connectivity index (χ0) is 30.4. The van der Waals surface area contributed by atoms with Crippen LogP contribution < -0.4 is 15.8 Å². The maximum absolute atomic E-state index is 16.7. The summed E-state index contributed by atoms with van der Waals surface area (Å²) < 4.78 is 54.6. The van der Waals surface area contributed by atoms with Gasteiger partial charge in [0.25, 0.3) is 0 Å². The van der Waals surface area contributed by atoms with Crippen molar-refractivity contribution in [2.24, 2.45) is 5.73 Å². The van der Waals surface area contributed by atoms with Gasteiger partial charge in [-0.05, 0) is 57.2 Å². The predicted molar refractivity (Wildman–Crippen MR) is 155 cm³/mol. The van der Waals surface area contributed by atoms with Crippen LogP contribution in [0.25, 0.3) is 5.57 Å². The van der Waals surface area contributed by atoms with Crippen LogP contribution in [0.15, 0.2) is 60.2 Å². The van der Waals surface area contributed by atoms with Crippen LogP contribution in [-0.2, 0) is 15.1 Å². The summed E-state index contributed by atoms with van der Waals surface area (Å²) in [6.45, 7) is 2.03. The average Bonchev–Trinajstić information content (AvgIpc) is 3.22. The minimum Gasteiger partial charge on any atom is -0.480 e. The van der Waals surface area contributed by atoms with E-state index in [1.165, 1.54) is 6.08 Å². The van der Waals surface area contributed by atoms with Gasteiger partial charge in [-0.1, -0.05) is 61.0 Å². The van der Waals surface area contributed by atoms with Gasteiger partial charge in [-0.2, -0.15) is 8.78 Å². The molecule has 226 valence electrons. The molecule has 1 saturated carbocycles. The fourth-order valence-electron chi connectivity index (χ4n) is 6.65. The van der Waals surface area contributed by atoms with E-state index in [1.54, 1.807) is 12.1 Å². The molecular weight excluding hydrogens is 569 g/mol. The van der Waals surface area contributed by atoms with Crippen LogP contribution in [-0.4, -0.2) is 47.6 Å². The Hall–Kier alpha value is -2.85. The van der Waals surface area contributed by atoms with E-state index < -0.39 is 41.4 Å². The lowest BCUT2D eigenvalue weighted by molar-refractivity contribution is -0.172. The summed E-state index contributed by atoms with van der Waals surface area (Å²) in [4.78, 5) is 12.6. The summed E-state index contributed by atoms with van der Waals surface area (Å²) in [5.41, 5.74) is 2.67. The van der Waals surface area contributed by atoms with Gasteiger partial charge in [0, 0.05) is 45.8 Å². The molecule has 4 atom stereocenters. The number of rotatable bonds is 8. The molecule has 2 aliphatic carbocycles. The van der Waals surface area contributed by atoms with Crippen molar-refractivity contribution in [1.29, 1.82) is 0 Å². The van der Waals surface area contributed by atoms with Crippen LogP contribution in [0.1, 0.15) is 69.1 Å². The number of aliphatic hydroxyl groups is 1. The molecule has 0 aromatic heterocycles. The number of carbonyl (C=O) groups is 1. The lowest BCUT2D eigenvalue weighted by Crippen LogP contribution is -2.49. The smallest absolute Gasteiger partial charge is 0.345 e. The van der Waals surface area contributed by atoms with E-state index in [0.29, 0.717) is 30.7 Å². The second kappa shape index (κ2) is 11.3. The molecule has 0 spiro atoms. The van der Waals surface area contributed by atoms with Crippen LogP contribution in [0.4, 0.5) is 13.2 Å². The first-order chi connectivity index (χ1) is 19.8. The van der Waals surface area contributed by atoms with Crippen molar-refractivity contribution in [3.05, 3.63) is 81.9 Å². The van der Waals surface area contributed by atoms with Crippen LogP contribution in [0.2, 0.25) is 5.02 Å². The van der Waals surface area contributed by atoms with E-state index >= 15 is 4.39 Å². The first-order valence-electron chi connectivity index (χ1n) is 14.1. The summed E-state index contributed by atoms with van der Waals surface area (Å²) >= 11 is 6.76. The van der Waals surface area contributed by atoms with E-state index in [4.69, 9.17) is 22.1 Å². The molecule has 6 nitrogen and oxygen atoms in total. The molecule has 0 saturated heterocycles. The summed E-state index contributed by atoms with van der Waals surface area (Å²) in [5.74, 6) is -0.919. The Morgan fingerprint density at radius 3 is 2.48 bits per heavy atom. The van der Waals surface area contributed by atoms with Crippen LogP contribution in [0, 0.1) is 0 Å². The van der Waals surface area contributed by atoms with E-state index in [-0.39, 0.29) is 27.8 Å². The van der Waals surface area contributed by atoms with E-state index in [1.807, 2.05) is 44.2 Å². The molecule has 3 aliphatic rings. The number of hydrogen-bond donors (Lipinski definition) is 3. The number of benzene rings is 2. The Balaban J connectivity index is 1.62. The zero-order valence-corrected chi connectivity index (χ0v) is 24.6. The molecule has 1 fully saturated rings. The van der Waals surface area contributed by atoms with Crippen LogP contribution in [0.3, 0.4) is 0 Å². The van der Waals surface area contributed by atoms with Gasteiger partial charge in [0.05, 0.1) is 5.60 Å². The Kier molecular flexibility index (Phi) is 8.26. The van der Waals surface area contributed by atoms with Gasteiger partial charge in [0.15, 0.2) is 11.3 Å². The van der Waals surface area contributed by atoms with E-state index in [0.717, 1.165) is 31.4 Å². The van der Waals surface area contributed by atoms with Gasteiger partial charge in [-0.25, -0.2) is 4.39 Å². The number of nitrogens with two attached hydrogens (primary N) is 1. The van der Waals surface area contributed by atoms with Gasteiger partial charge < -0.3 is 25.6 Å². The second-order valence-corrected chi connectivity index (χ2v) is 12.4. The van der Waals surface area contributed by atoms with Crippen molar-refractivity contribution in [2.75, 3.05) is 6.54 Å². The Morgan fingerprint density at radius 2 is 1.86 bits per heavy atom. The highest BCUT2D eigenvalue weighted by atomic mass is 35.5. The van der Waals surface area contributed by atoms with Gasteiger partial charge in [-0.15, -0.1) is 0 Å². The number of carbonyl (C=O) groups excluding carboxylic acids is 1.